The number of hydrogen-bond donors (Lipinski definition) is 7. The Morgan fingerprint density at radius 3 is 2.08 bits per heavy atom. The van der Waals surface area contributed by atoms with Crippen LogP contribution in [0.25, 0.3) is 0 Å². The molecule has 1 saturated heterocycles. The van der Waals surface area contributed by atoms with Gasteiger partial charge in [0.15, 0.2) is 17.9 Å². The van der Waals surface area contributed by atoms with Crippen LogP contribution in [0.15, 0.2) is 24.3 Å². The average molecular weight is 502 g/mol. The molecule has 1 aliphatic heterocycles. The van der Waals surface area contributed by atoms with Crippen LogP contribution in [0.2, 0.25) is 0 Å². The summed E-state index contributed by atoms with van der Waals surface area (Å²) in [4.78, 5) is 26.5. The van der Waals surface area contributed by atoms with Gasteiger partial charge >= 0.3 is 0 Å². The zero-order valence-corrected chi connectivity index (χ0v) is 19.2. The molecule has 2 aromatic carbocycles. The lowest BCUT2D eigenvalue weighted by molar-refractivity contribution is -0.271. The third kappa shape index (κ3) is 3.47. The average Bonchev–Trinajstić information content (AvgIpc) is 2.85. The summed E-state index contributed by atoms with van der Waals surface area (Å²) in [7, 11) is 0. The summed E-state index contributed by atoms with van der Waals surface area (Å²) in [6.45, 7) is 0.539. The number of ketones is 2. The Hall–Kier alpha value is -2.90. The fraction of sp³-hybridized carbons (Fsp3) is 0.440. The summed E-state index contributed by atoms with van der Waals surface area (Å²) >= 11 is 0. The van der Waals surface area contributed by atoms with Crippen LogP contribution in [-0.2, 0) is 9.47 Å². The van der Waals surface area contributed by atoms with Gasteiger partial charge in [-0.05, 0) is 6.92 Å². The number of phenolic OH excluding ortho intramolecular Hbond substituents is 2. The third-order valence-corrected chi connectivity index (χ3v) is 7.30. The minimum absolute atomic E-state index is 0.00249. The van der Waals surface area contributed by atoms with Crippen LogP contribution in [0.3, 0.4) is 0 Å². The second-order valence-electron chi connectivity index (χ2n) is 9.54. The molecule has 0 saturated carbocycles. The van der Waals surface area contributed by atoms with Gasteiger partial charge in [0.25, 0.3) is 0 Å². The van der Waals surface area contributed by atoms with E-state index in [1.807, 2.05) is 0 Å². The van der Waals surface area contributed by atoms with E-state index in [2.05, 4.69) is 0 Å². The SMILES string of the molecule is CC1OC(O[C@H]2C[C@](O)(CO)C(O)c3c(O)c4c(c(O)c32)C(=O)c2ccccc2C4=O)CC(O)C1O. The molecule has 1 fully saturated rings. The lowest BCUT2D eigenvalue weighted by Crippen LogP contribution is -2.50. The number of ether oxygens (including phenoxy) is 2. The van der Waals surface area contributed by atoms with Gasteiger partial charge in [0, 0.05) is 35.1 Å². The van der Waals surface area contributed by atoms with Gasteiger partial charge < -0.3 is 45.2 Å². The molecule has 3 aliphatic rings. The highest BCUT2D eigenvalue weighted by molar-refractivity contribution is 6.30. The number of rotatable bonds is 3. The number of benzene rings is 2. The smallest absolute Gasteiger partial charge is 0.198 e. The highest BCUT2D eigenvalue weighted by Gasteiger charge is 2.51. The summed E-state index contributed by atoms with van der Waals surface area (Å²) in [5, 5.41) is 74.3. The molecule has 11 nitrogen and oxygen atoms in total. The van der Waals surface area contributed by atoms with Gasteiger partial charge in [-0.2, -0.15) is 0 Å². The molecule has 7 atom stereocenters. The van der Waals surface area contributed by atoms with Crippen LogP contribution in [-0.4, -0.2) is 84.1 Å². The third-order valence-electron chi connectivity index (χ3n) is 7.30. The van der Waals surface area contributed by atoms with Crippen molar-refractivity contribution in [3.05, 3.63) is 57.6 Å². The van der Waals surface area contributed by atoms with Gasteiger partial charge in [0.05, 0.1) is 36.0 Å². The van der Waals surface area contributed by atoms with E-state index in [9.17, 15) is 45.3 Å². The number of hydrogen-bond acceptors (Lipinski definition) is 11. The molecule has 11 heteroatoms. The summed E-state index contributed by atoms with van der Waals surface area (Å²) in [6, 6.07) is 5.88. The van der Waals surface area contributed by atoms with Crippen LogP contribution in [0, 0.1) is 0 Å². The highest BCUT2D eigenvalue weighted by atomic mass is 16.7. The number of phenols is 2. The molecule has 7 N–H and O–H groups in total. The number of aromatic hydroxyl groups is 2. The number of carbonyl (C=O) groups is 2. The zero-order chi connectivity index (χ0) is 26.1. The van der Waals surface area contributed by atoms with Gasteiger partial charge in [-0.1, -0.05) is 24.3 Å². The van der Waals surface area contributed by atoms with Gasteiger partial charge in [0.1, 0.15) is 29.3 Å². The molecular formula is C25H26O11. The van der Waals surface area contributed by atoms with Crippen molar-refractivity contribution in [2.75, 3.05) is 6.61 Å². The molecule has 5 rings (SSSR count). The second-order valence-corrected chi connectivity index (χ2v) is 9.54. The predicted molar refractivity (Wildman–Crippen MR) is 119 cm³/mol. The van der Waals surface area contributed by atoms with Crippen LogP contribution in [0.1, 0.15) is 74.9 Å². The maximum atomic E-state index is 13.3. The maximum Gasteiger partial charge on any atom is 0.198 e. The molecular weight excluding hydrogens is 476 g/mol. The van der Waals surface area contributed by atoms with Gasteiger partial charge in [-0.25, -0.2) is 0 Å². The van der Waals surface area contributed by atoms with Crippen molar-refractivity contribution in [3.63, 3.8) is 0 Å². The standard InChI is InChI=1S/C25H26O11/c1-9-19(28)12(27)6-14(35-9)36-13-7-25(34,8-26)24(33)18-15(13)22(31)16-17(23(18)32)21(30)11-5-3-2-4-10(11)20(16)29/h2-5,9,12-14,19,24,26-28,31-34H,6-8H2,1H3/t9?,12?,13-,14?,19?,24?,25-/m0/s1. The Morgan fingerprint density at radius 2 is 1.56 bits per heavy atom. The van der Waals surface area contributed by atoms with E-state index < -0.39 is 95.2 Å². The fourth-order valence-electron chi connectivity index (χ4n) is 5.32. The molecule has 2 aromatic rings. The molecule has 0 bridgehead atoms. The van der Waals surface area contributed by atoms with Gasteiger partial charge in [-0.15, -0.1) is 0 Å². The largest absolute Gasteiger partial charge is 0.507 e. The zero-order valence-electron chi connectivity index (χ0n) is 19.2. The first-order valence-electron chi connectivity index (χ1n) is 11.5. The summed E-state index contributed by atoms with van der Waals surface area (Å²) in [5.74, 6) is -3.04. The van der Waals surface area contributed by atoms with Crippen molar-refractivity contribution in [1.29, 1.82) is 0 Å². The second kappa shape index (κ2) is 8.60. The number of aliphatic hydroxyl groups is 5. The molecule has 0 amide bonds. The number of aliphatic hydroxyl groups excluding tert-OH is 4. The van der Waals surface area contributed by atoms with E-state index in [1.54, 1.807) is 6.07 Å². The first kappa shape index (κ1) is 24.8. The van der Waals surface area contributed by atoms with E-state index in [4.69, 9.17) is 9.47 Å². The van der Waals surface area contributed by atoms with Crippen molar-refractivity contribution in [2.24, 2.45) is 0 Å². The number of fused-ring (bicyclic) bond motifs is 3. The maximum absolute atomic E-state index is 13.3. The Morgan fingerprint density at radius 1 is 1.00 bits per heavy atom. The quantitative estimate of drug-likeness (QED) is 0.237. The first-order valence-corrected chi connectivity index (χ1v) is 11.5. The van der Waals surface area contributed by atoms with Gasteiger partial charge in [-0.3, -0.25) is 9.59 Å². The van der Waals surface area contributed by atoms with Crippen LogP contribution < -0.4 is 0 Å². The van der Waals surface area contributed by atoms with Crippen LogP contribution >= 0.6 is 0 Å². The van der Waals surface area contributed by atoms with Crippen molar-refractivity contribution < 1.29 is 54.8 Å². The lowest BCUT2D eigenvalue weighted by Gasteiger charge is -2.44. The van der Waals surface area contributed by atoms with E-state index in [1.165, 1.54) is 25.1 Å². The van der Waals surface area contributed by atoms with Crippen molar-refractivity contribution in [1.82, 2.24) is 0 Å². The Labute approximate surface area is 204 Å². The molecule has 2 aliphatic carbocycles. The van der Waals surface area contributed by atoms with Crippen LogP contribution in [0.5, 0.6) is 11.5 Å². The molecule has 0 spiro atoms. The highest BCUT2D eigenvalue weighted by Crippen LogP contribution is 2.55. The minimum atomic E-state index is -2.26. The van der Waals surface area contributed by atoms with Crippen LogP contribution in [0.4, 0.5) is 0 Å². The minimum Gasteiger partial charge on any atom is -0.507 e. The summed E-state index contributed by atoms with van der Waals surface area (Å²) in [5.41, 5.74) is -3.97. The fourth-order valence-corrected chi connectivity index (χ4v) is 5.32. The first-order chi connectivity index (χ1) is 17.0. The molecule has 5 unspecified atom stereocenters. The summed E-state index contributed by atoms with van der Waals surface area (Å²) in [6.07, 6.45) is -8.33. The van der Waals surface area contributed by atoms with Crippen molar-refractivity contribution in [3.8, 4) is 11.5 Å². The summed E-state index contributed by atoms with van der Waals surface area (Å²) < 4.78 is 11.5. The molecule has 0 radical (unpaired) electrons. The Balaban J connectivity index is 1.68. The van der Waals surface area contributed by atoms with E-state index in [-0.39, 0.29) is 23.1 Å². The Bertz CT molecular complexity index is 1250. The van der Waals surface area contributed by atoms with E-state index in [0.717, 1.165) is 0 Å². The molecule has 1 heterocycles. The monoisotopic (exact) mass is 502 g/mol. The lowest BCUT2D eigenvalue weighted by atomic mass is 9.72. The van der Waals surface area contributed by atoms with Crippen molar-refractivity contribution >= 4 is 11.6 Å². The molecule has 0 aromatic heterocycles. The predicted octanol–water partition coefficient (Wildman–Crippen LogP) is -0.0519. The number of carbonyl (C=O) groups excluding carboxylic acids is 2. The Kier molecular flexibility index (Phi) is 5.92. The van der Waals surface area contributed by atoms with E-state index >= 15 is 0 Å². The molecule has 192 valence electrons. The normalized spacial score (nSPS) is 33.6. The molecule has 36 heavy (non-hydrogen) atoms. The van der Waals surface area contributed by atoms with E-state index in [0.29, 0.717) is 0 Å². The topological polar surface area (TPSA) is 194 Å². The van der Waals surface area contributed by atoms with Crippen molar-refractivity contribution in [2.45, 2.75) is 62.2 Å². The van der Waals surface area contributed by atoms with Gasteiger partial charge in [0.2, 0.25) is 0 Å².